The molecule has 3 aromatic rings. The number of aromatic amines is 1. The number of aromatic nitrogens is 4. The van der Waals surface area contributed by atoms with Crippen molar-refractivity contribution in [3.05, 3.63) is 46.4 Å². The fourth-order valence-corrected chi connectivity index (χ4v) is 3.42. The second kappa shape index (κ2) is 7.58. The van der Waals surface area contributed by atoms with Crippen LogP contribution in [0.4, 0.5) is 5.82 Å². The molecule has 0 amide bonds. The summed E-state index contributed by atoms with van der Waals surface area (Å²) in [6, 6.07) is 9.53. The lowest BCUT2D eigenvalue weighted by molar-refractivity contribution is 0.200. The maximum atomic E-state index is 12.4. The first-order valence-corrected chi connectivity index (χ1v) is 9.09. The summed E-state index contributed by atoms with van der Waals surface area (Å²) in [6.45, 7) is 0.845. The van der Waals surface area contributed by atoms with Crippen molar-refractivity contribution in [2.24, 2.45) is 0 Å². The van der Waals surface area contributed by atoms with E-state index in [1.54, 1.807) is 7.11 Å². The number of nitrogens with zero attached hydrogens (tertiary/aromatic N) is 3. The molecule has 1 atom stereocenters. The number of imidazole rings is 1. The summed E-state index contributed by atoms with van der Waals surface area (Å²) in [6.07, 6.45) is 0.619. The van der Waals surface area contributed by atoms with Crippen molar-refractivity contribution < 1.29 is 8.95 Å². The van der Waals surface area contributed by atoms with Crippen LogP contribution in [0.25, 0.3) is 11.2 Å². The van der Waals surface area contributed by atoms with Crippen molar-refractivity contribution in [2.45, 2.75) is 18.1 Å². The van der Waals surface area contributed by atoms with Crippen LogP contribution in [0.5, 0.6) is 0 Å². The fourth-order valence-electron chi connectivity index (χ4n) is 2.47. The Kier molecular flexibility index (Phi) is 5.25. The highest BCUT2D eigenvalue weighted by Crippen LogP contribution is 2.17. The molecule has 1 aromatic carbocycles. The van der Waals surface area contributed by atoms with Gasteiger partial charge in [0.1, 0.15) is 5.52 Å². The van der Waals surface area contributed by atoms with Gasteiger partial charge in [-0.3, -0.25) is 8.78 Å². The third-order valence-electron chi connectivity index (χ3n) is 3.70. The van der Waals surface area contributed by atoms with Crippen LogP contribution in [-0.4, -0.2) is 43.2 Å². The summed E-state index contributed by atoms with van der Waals surface area (Å²) < 4.78 is 18.8. The topological polar surface area (TPSA) is 116 Å². The van der Waals surface area contributed by atoms with E-state index < -0.39 is 10.8 Å². The number of rotatable bonds is 7. The second-order valence-electron chi connectivity index (χ2n) is 5.49. The van der Waals surface area contributed by atoms with Crippen molar-refractivity contribution in [2.75, 3.05) is 25.2 Å². The highest BCUT2D eigenvalue weighted by atomic mass is 32.2. The molecule has 8 nitrogen and oxygen atoms in total. The number of nitrogens with one attached hydrogen (secondary N) is 1. The number of H-pyrrole nitrogens is 1. The van der Waals surface area contributed by atoms with Crippen LogP contribution < -0.4 is 11.4 Å². The minimum absolute atomic E-state index is 0.115. The van der Waals surface area contributed by atoms with E-state index in [2.05, 4.69) is 15.0 Å². The largest absolute Gasteiger partial charge is 0.385 e. The summed E-state index contributed by atoms with van der Waals surface area (Å²) in [5, 5.41) is 0.127. The number of hydrogen-bond donors (Lipinski definition) is 2. The van der Waals surface area contributed by atoms with Crippen molar-refractivity contribution >= 4 is 27.8 Å². The zero-order valence-electron chi connectivity index (χ0n) is 13.8. The van der Waals surface area contributed by atoms with Crippen LogP contribution in [0.3, 0.4) is 0 Å². The van der Waals surface area contributed by atoms with E-state index in [-0.39, 0.29) is 16.7 Å². The Morgan fingerprint density at radius 1 is 1.28 bits per heavy atom. The van der Waals surface area contributed by atoms with Gasteiger partial charge in [-0.15, -0.1) is 0 Å². The summed E-state index contributed by atoms with van der Waals surface area (Å²) in [7, 11) is 0.181. The van der Waals surface area contributed by atoms with Gasteiger partial charge in [-0.2, -0.15) is 0 Å². The molecule has 0 saturated heterocycles. The van der Waals surface area contributed by atoms with E-state index in [1.807, 2.05) is 30.3 Å². The third kappa shape index (κ3) is 3.77. The molecule has 2 aromatic heterocycles. The Labute approximate surface area is 146 Å². The van der Waals surface area contributed by atoms with Gasteiger partial charge in [0.05, 0.1) is 17.3 Å². The van der Waals surface area contributed by atoms with Gasteiger partial charge in [-0.25, -0.2) is 14.8 Å². The van der Waals surface area contributed by atoms with Gasteiger partial charge in [0.2, 0.25) is 5.16 Å². The summed E-state index contributed by atoms with van der Waals surface area (Å²) in [5.41, 5.74) is 7.27. The Morgan fingerprint density at radius 3 is 2.76 bits per heavy atom. The minimum Gasteiger partial charge on any atom is -0.385 e. The maximum Gasteiger partial charge on any atom is 0.328 e. The predicted octanol–water partition coefficient (Wildman–Crippen LogP) is 0.894. The number of anilines is 1. The number of benzene rings is 1. The minimum atomic E-state index is -1.41. The molecule has 3 N–H and O–H groups in total. The molecule has 0 aliphatic carbocycles. The Morgan fingerprint density at radius 2 is 2.04 bits per heavy atom. The molecule has 0 aliphatic rings. The second-order valence-corrected chi connectivity index (χ2v) is 6.95. The van der Waals surface area contributed by atoms with Gasteiger partial charge in [-0.1, -0.05) is 30.3 Å². The molecule has 0 spiro atoms. The monoisotopic (exact) mass is 361 g/mol. The first-order valence-electron chi connectivity index (χ1n) is 7.77. The summed E-state index contributed by atoms with van der Waals surface area (Å²) >= 11 is 0. The predicted molar refractivity (Wildman–Crippen MR) is 95.9 cm³/mol. The average Bonchev–Trinajstić information content (AvgIpc) is 2.92. The van der Waals surface area contributed by atoms with Gasteiger partial charge in [0.25, 0.3) is 0 Å². The van der Waals surface area contributed by atoms with E-state index in [9.17, 15) is 9.00 Å². The van der Waals surface area contributed by atoms with Gasteiger partial charge in [0, 0.05) is 19.5 Å². The lowest BCUT2D eigenvalue weighted by atomic mass is 10.2. The molecule has 1 unspecified atom stereocenters. The van der Waals surface area contributed by atoms with Gasteiger partial charge < -0.3 is 15.5 Å². The first kappa shape index (κ1) is 17.3. The molecule has 0 aliphatic heterocycles. The SMILES string of the molecule is COCCCS(=O)c1nc(N)c2[nH]c(=O)n(Cc3ccccc3)c2n1. The Bertz CT molecular complexity index is 952. The van der Waals surface area contributed by atoms with Crippen molar-refractivity contribution in [3.8, 4) is 0 Å². The van der Waals surface area contributed by atoms with Crippen LogP contribution in [0.2, 0.25) is 0 Å². The van der Waals surface area contributed by atoms with E-state index in [0.717, 1.165) is 5.56 Å². The molecule has 132 valence electrons. The Hall–Kier alpha value is -2.52. The Balaban J connectivity index is 1.99. The van der Waals surface area contributed by atoms with Crippen LogP contribution in [0.15, 0.2) is 40.3 Å². The lowest BCUT2D eigenvalue weighted by Crippen LogP contribution is -2.18. The van der Waals surface area contributed by atoms with E-state index >= 15 is 0 Å². The molecular formula is C16H19N5O3S. The van der Waals surface area contributed by atoms with Crippen molar-refractivity contribution in [1.82, 2.24) is 19.5 Å². The standard InChI is InChI=1S/C16H19N5O3S/c1-24-8-5-9-25(23)15-19-13(17)12-14(20-15)21(16(22)18-12)10-11-6-3-2-4-7-11/h2-4,6-7H,5,8-10H2,1H3,(H,18,22)(H2,17,19,20). The van der Waals surface area contributed by atoms with Crippen LogP contribution in [0.1, 0.15) is 12.0 Å². The molecule has 0 radical (unpaired) electrons. The van der Waals surface area contributed by atoms with Gasteiger partial charge in [-0.05, 0) is 12.0 Å². The highest BCUT2D eigenvalue weighted by Gasteiger charge is 2.17. The number of nitrogens with two attached hydrogens (primary N) is 1. The number of ether oxygens (including phenoxy) is 1. The average molecular weight is 361 g/mol. The quantitative estimate of drug-likeness (QED) is 0.477. The van der Waals surface area contributed by atoms with E-state index in [4.69, 9.17) is 10.5 Å². The molecule has 2 heterocycles. The fraction of sp³-hybridized carbons (Fsp3) is 0.312. The normalized spacial score (nSPS) is 12.5. The first-order chi connectivity index (χ1) is 12.1. The zero-order valence-corrected chi connectivity index (χ0v) is 14.6. The number of hydrogen-bond acceptors (Lipinski definition) is 6. The molecule has 9 heteroatoms. The smallest absolute Gasteiger partial charge is 0.328 e. The number of methoxy groups -OCH3 is 1. The molecule has 0 fully saturated rings. The zero-order chi connectivity index (χ0) is 17.8. The molecule has 3 rings (SSSR count). The van der Waals surface area contributed by atoms with Crippen LogP contribution in [-0.2, 0) is 22.1 Å². The highest BCUT2D eigenvalue weighted by molar-refractivity contribution is 7.84. The van der Waals surface area contributed by atoms with E-state index in [0.29, 0.717) is 36.5 Å². The summed E-state index contributed by atoms with van der Waals surface area (Å²) in [5.74, 6) is 0.482. The lowest BCUT2D eigenvalue weighted by Gasteiger charge is -2.06. The number of nitrogen functional groups attached to an aromatic ring is 1. The third-order valence-corrected chi connectivity index (χ3v) is 4.94. The van der Waals surface area contributed by atoms with Gasteiger partial charge >= 0.3 is 5.69 Å². The van der Waals surface area contributed by atoms with Crippen LogP contribution >= 0.6 is 0 Å². The van der Waals surface area contributed by atoms with Gasteiger partial charge in [0.15, 0.2) is 11.5 Å². The molecule has 0 saturated carbocycles. The summed E-state index contributed by atoms with van der Waals surface area (Å²) in [4.78, 5) is 23.4. The van der Waals surface area contributed by atoms with Crippen LogP contribution in [0, 0.1) is 0 Å². The molecule has 0 bridgehead atoms. The van der Waals surface area contributed by atoms with Crippen molar-refractivity contribution in [1.29, 1.82) is 0 Å². The van der Waals surface area contributed by atoms with Crippen molar-refractivity contribution in [3.63, 3.8) is 0 Å². The molecule has 25 heavy (non-hydrogen) atoms. The maximum absolute atomic E-state index is 12.4. The number of fused-ring (bicyclic) bond motifs is 1. The van der Waals surface area contributed by atoms with E-state index in [1.165, 1.54) is 4.57 Å². The molecular weight excluding hydrogens is 342 g/mol.